The first-order valence-electron chi connectivity index (χ1n) is 15.0. The lowest BCUT2D eigenvalue weighted by Gasteiger charge is -2.27. The standard InChI is InChI=1S/C37H30ClN3O2S/c1-2-3-4-8-22-40-36(42)29-13-9-12-28-27(18-19-30(35(28)29)37(40)43)33-20-21-34(44-33)31-23-32(24-14-16-25(38)17-15-24)41(39-31)26-10-6-5-7-11-26/h5-7,9-21,23H,2-4,8,22H2,1H3. The summed E-state index contributed by atoms with van der Waals surface area (Å²) in [7, 11) is 0. The average Bonchev–Trinajstić information content (AvgIpc) is 3.72. The van der Waals surface area contributed by atoms with Gasteiger partial charge in [0, 0.05) is 38.5 Å². The normalized spacial score (nSPS) is 12.8. The fourth-order valence-corrected chi connectivity index (χ4v) is 7.10. The molecule has 0 aliphatic carbocycles. The summed E-state index contributed by atoms with van der Waals surface area (Å²) in [5.41, 5.74) is 6.02. The van der Waals surface area contributed by atoms with Crippen molar-refractivity contribution < 1.29 is 9.59 Å². The fourth-order valence-electron chi connectivity index (χ4n) is 5.97. The van der Waals surface area contributed by atoms with Gasteiger partial charge in [0.15, 0.2) is 0 Å². The molecule has 1 aliphatic rings. The minimum absolute atomic E-state index is 0.199. The summed E-state index contributed by atoms with van der Waals surface area (Å²) in [6.07, 6.45) is 4.04. The molecule has 0 bridgehead atoms. The van der Waals surface area contributed by atoms with E-state index in [0.29, 0.717) is 22.7 Å². The van der Waals surface area contributed by atoms with Crippen LogP contribution < -0.4 is 0 Å². The molecule has 0 N–H and O–H groups in total. The summed E-state index contributed by atoms with van der Waals surface area (Å²) < 4.78 is 1.96. The van der Waals surface area contributed by atoms with Crippen molar-refractivity contribution in [1.82, 2.24) is 14.7 Å². The molecule has 1 aliphatic heterocycles. The Balaban J connectivity index is 1.27. The van der Waals surface area contributed by atoms with Crippen molar-refractivity contribution in [3.63, 3.8) is 0 Å². The summed E-state index contributed by atoms with van der Waals surface area (Å²) in [6, 6.07) is 33.9. The van der Waals surface area contributed by atoms with Crippen LogP contribution >= 0.6 is 22.9 Å². The van der Waals surface area contributed by atoms with E-state index in [2.05, 4.69) is 25.1 Å². The Morgan fingerprint density at radius 1 is 0.727 bits per heavy atom. The second-order valence-corrected chi connectivity index (χ2v) is 12.6. The highest BCUT2D eigenvalue weighted by Gasteiger charge is 2.33. The zero-order valence-electron chi connectivity index (χ0n) is 24.3. The monoisotopic (exact) mass is 615 g/mol. The fraction of sp³-hybridized carbons (Fsp3) is 0.162. The van der Waals surface area contributed by atoms with Crippen LogP contribution in [0.25, 0.3) is 48.7 Å². The predicted octanol–water partition coefficient (Wildman–Crippen LogP) is 9.92. The maximum atomic E-state index is 13.5. The van der Waals surface area contributed by atoms with Crippen molar-refractivity contribution >= 4 is 45.5 Å². The Labute approximate surface area is 265 Å². The van der Waals surface area contributed by atoms with Crippen molar-refractivity contribution in [1.29, 1.82) is 0 Å². The molecule has 0 unspecified atom stereocenters. The van der Waals surface area contributed by atoms with Crippen molar-refractivity contribution in [2.75, 3.05) is 6.54 Å². The van der Waals surface area contributed by atoms with Crippen molar-refractivity contribution in [2.45, 2.75) is 32.6 Å². The molecular formula is C37H30ClN3O2S. The number of rotatable bonds is 9. The summed E-state index contributed by atoms with van der Waals surface area (Å²) in [5.74, 6) is -0.399. The van der Waals surface area contributed by atoms with Gasteiger partial charge in [-0.05, 0) is 72.0 Å². The van der Waals surface area contributed by atoms with Crippen LogP contribution in [-0.4, -0.2) is 33.0 Å². The Hall–Kier alpha value is -4.52. The molecule has 6 aromatic rings. The Bertz CT molecular complexity index is 1990. The van der Waals surface area contributed by atoms with Crippen LogP contribution in [0.3, 0.4) is 0 Å². The van der Waals surface area contributed by atoms with Gasteiger partial charge >= 0.3 is 0 Å². The van der Waals surface area contributed by atoms with Crippen molar-refractivity contribution in [3.8, 4) is 38.0 Å². The number of amides is 2. The SMILES string of the molecule is CCCCCCN1C(=O)c2cccc3c(-c4ccc(-c5cc(-c6ccc(Cl)cc6)n(-c6ccccc6)n5)s4)ccc(c23)C1=O. The lowest BCUT2D eigenvalue weighted by atomic mass is 9.90. The van der Waals surface area contributed by atoms with Crippen LogP contribution in [0, 0.1) is 0 Å². The van der Waals surface area contributed by atoms with Gasteiger partial charge in [0.25, 0.3) is 11.8 Å². The molecule has 0 saturated carbocycles. The number of carbonyl (C=O) groups is 2. The second kappa shape index (κ2) is 11.9. The number of unbranched alkanes of at least 4 members (excludes halogenated alkanes) is 3. The molecule has 3 heterocycles. The highest BCUT2D eigenvalue weighted by Crippen LogP contribution is 2.41. The van der Waals surface area contributed by atoms with E-state index in [0.717, 1.165) is 74.4 Å². The minimum Gasteiger partial charge on any atom is -0.274 e. The highest BCUT2D eigenvalue weighted by molar-refractivity contribution is 7.18. The van der Waals surface area contributed by atoms with Gasteiger partial charge in [-0.2, -0.15) is 5.10 Å². The Morgan fingerprint density at radius 3 is 2.23 bits per heavy atom. The number of para-hydroxylation sites is 1. The van der Waals surface area contributed by atoms with Gasteiger partial charge in [-0.1, -0.05) is 86.3 Å². The minimum atomic E-state index is -0.199. The quantitative estimate of drug-likeness (QED) is 0.120. The largest absolute Gasteiger partial charge is 0.274 e. The van der Waals surface area contributed by atoms with Crippen LogP contribution in [-0.2, 0) is 0 Å². The second-order valence-electron chi connectivity index (χ2n) is 11.0. The summed E-state index contributed by atoms with van der Waals surface area (Å²) in [4.78, 5) is 30.5. The number of thiophene rings is 1. The molecule has 0 fully saturated rings. The number of carbonyl (C=O) groups excluding carboxylic acids is 2. The molecule has 4 aromatic carbocycles. The van der Waals surface area contributed by atoms with Gasteiger partial charge in [0.2, 0.25) is 0 Å². The number of benzene rings is 4. The lowest BCUT2D eigenvalue weighted by molar-refractivity contribution is 0.0608. The van der Waals surface area contributed by atoms with Crippen LogP contribution in [0.4, 0.5) is 0 Å². The lowest BCUT2D eigenvalue weighted by Crippen LogP contribution is -2.40. The first-order valence-corrected chi connectivity index (χ1v) is 16.2. The van der Waals surface area contributed by atoms with Gasteiger partial charge in [0.1, 0.15) is 5.69 Å². The Morgan fingerprint density at radius 2 is 1.45 bits per heavy atom. The number of nitrogens with zero attached hydrogens (tertiary/aromatic N) is 3. The summed E-state index contributed by atoms with van der Waals surface area (Å²) >= 11 is 7.83. The van der Waals surface area contributed by atoms with Gasteiger partial charge in [-0.15, -0.1) is 11.3 Å². The van der Waals surface area contributed by atoms with E-state index in [9.17, 15) is 9.59 Å². The first-order chi connectivity index (χ1) is 21.5. The van der Waals surface area contributed by atoms with E-state index in [1.54, 1.807) is 11.3 Å². The predicted molar refractivity (Wildman–Crippen MR) is 180 cm³/mol. The third-order valence-corrected chi connectivity index (χ3v) is 9.59. The van der Waals surface area contributed by atoms with E-state index in [-0.39, 0.29) is 11.8 Å². The van der Waals surface area contributed by atoms with E-state index < -0.39 is 0 Å². The highest BCUT2D eigenvalue weighted by atomic mass is 35.5. The molecule has 0 radical (unpaired) electrons. The van der Waals surface area contributed by atoms with Crippen LogP contribution in [0.1, 0.15) is 53.3 Å². The smallest absolute Gasteiger partial charge is 0.261 e. The number of imide groups is 1. The number of halogens is 1. The zero-order valence-corrected chi connectivity index (χ0v) is 25.9. The molecule has 5 nitrogen and oxygen atoms in total. The maximum Gasteiger partial charge on any atom is 0.261 e. The van der Waals surface area contributed by atoms with E-state index in [1.165, 1.54) is 4.90 Å². The van der Waals surface area contributed by atoms with Crippen LogP contribution in [0.15, 0.2) is 103 Å². The molecule has 0 spiro atoms. The molecule has 2 aromatic heterocycles. The van der Waals surface area contributed by atoms with Gasteiger partial charge in [-0.3, -0.25) is 14.5 Å². The molecule has 44 heavy (non-hydrogen) atoms. The summed E-state index contributed by atoms with van der Waals surface area (Å²) in [5, 5.41) is 7.38. The van der Waals surface area contributed by atoms with Crippen LogP contribution in [0.5, 0.6) is 0 Å². The molecular weight excluding hydrogens is 586 g/mol. The van der Waals surface area contributed by atoms with E-state index in [4.69, 9.17) is 16.7 Å². The topological polar surface area (TPSA) is 55.2 Å². The molecule has 218 valence electrons. The van der Waals surface area contributed by atoms with E-state index in [1.807, 2.05) is 89.6 Å². The molecule has 0 atom stereocenters. The van der Waals surface area contributed by atoms with Crippen molar-refractivity contribution in [2.24, 2.45) is 0 Å². The third-order valence-electron chi connectivity index (χ3n) is 8.20. The Kier molecular flexibility index (Phi) is 7.62. The molecule has 7 rings (SSSR count). The molecule has 2 amide bonds. The number of aromatic nitrogens is 2. The first kappa shape index (κ1) is 28.3. The number of hydrogen-bond acceptors (Lipinski definition) is 4. The zero-order chi connectivity index (χ0) is 30.2. The van der Waals surface area contributed by atoms with Gasteiger partial charge < -0.3 is 0 Å². The van der Waals surface area contributed by atoms with Crippen molar-refractivity contribution in [3.05, 3.63) is 119 Å². The number of hydrogen-bond donors (Lipinski definition) is 0. The third kappa shape index (κ3) is 5.04. The van der Waals surface area contributed by atoms with Crippen LogP contribution in [0.2, 0.25) is 5.02 Å². The van der Waals surface area contributed by atoms with Gasteiger partial charge in [0.05, 0.1) is 16.3 Å². The maximum absolute atomic E-state index is 13.5. The van der Waals surface area contributed by atoms with Gasteiger partial charge in [-0.25, -0.2) is 4.68 Å². The summed E-state index contributed by atoms with van der Waals surface area (Å²) in [6.45, 7) is 2.61. The molecule has 0 saturated heterocycles. The average molecular weight is 616 g/mol. The molecule has 7 heteroatoms. The van der Waals surface area contributed by atoms with E-state index >= 15 is 0 Å².